The van der Waals surface area contributed by atoms with Gasteiger partial charge in [0.25, 0.3) is 0 Å². The molecule has 1 saturated carbocycles. The van der Waals surface area contributed by atoms with Crippen molar-refractivity contribution >= 4 is 0 Å². The molecule has 2 N–H and O–H groups in total. The number of ether oxygens (including phenoxy) is 1. The van der Waals surface area contributed by atoms with E-state index in [9.17, 15) is 0 Å². The Kier molecular flexibility index (Phi) is 5.05. The standard InChI is InChI=1S/C15H30N2O/c1-11-4-5-15(16)13(8-11)10-17-7-6-14(18-3)9-12(17)2/h11-15H,4-10,16H2,1-3H3. The lowest BCUT2D eigenvalue weighted by molar-refractivity contribution is 0.00550. The predicted molar refractivity (Wildman–Crippen MR) is 75.5 cm³/mol. The lowest BCUT2D eigenvalue weighted by Gasteiger charge is -2.42. The van der Waals surface area contributed by atoms with Gasteiger partial charge in [-0.15, -0.1) is 0 Å². The molecule has 0 aromatic heterocycles. The van der Waals surface area contributed by atoms with Gasteiger partial charge in [0.2, 0.25) is 0 Å². The van der Waals surface area contributed by atoms with Gasteiger partial charge in [-0.05, 0) is 50.9 Å². The molecule has 1 heterocycles. The molecule has 0 bridgehead atoms. The molecule has 106 valence electrons. The van der Waals surface area contributed by atoms with Crippen LogP contribution >= 0.6 is 0 Å². The second-order valence-corrected chi connectivity index (χ2v) is 6.57. The summed E-state index contributed by atoms with van der Waals surface area (Å²) in [7, 11) is 1.84. The zero-order valence-electron chi connectivity index (χ0n) is 12.3. The number of rotatable bonds is 3. The summed E-state index contributed by atoms with van der Waals surface area (Å²) in [5.41, 5.74) is 6.31. The first-order chi connectivity index (χ1) is 8.60. The van der Waals surface area contributed by atoms with Gasteiger partial charge in [-0.2, -0.15) is 0 Å². The molecule has 0 spiro atoms. The minimum Gasteiger partial charge on any atom is -0.381 e. The van der Waals surface area contributed by atoms with Crippen molar-refractivity contribution in [3.8, 4) is 0 Å². The normalized spacial score (nSPS) is 43.0. The molecule has 0 aromatic carbocycles. The lowest BCUT2D eigenvalue weighted by Crippen LogP contribution is -2.49. The first kappa shape index (κ1) is 14.3. The quantitative estimate of drug-likeness (QED) is 0.839. The van der Waals surface area contributed by atoms with Gasteiger partial charge in [-0.25, -0.2) is 0 Å². The van der Waals surface area contributed by atoms with E-state index in [2.05, 4.69) is 18.7 Å². The molecular formula is C15H30N2O. The average Bonchev–Trinajstić information content (AvgIpc) is 2.36. The van der Waals surface area contributed by atoms with E-state index in [4.69, 9.17) is 10.5 Å². The number of hydrogen-bond acceptors (Lipinski definition) is 3. The Morgan fingerprint density at radius 3 is 2.61 bits per heavy atom. The van der Waals surface area contributed by atoms with Gasteiger partial charge in [0, 0.05) is 32.3 Å². The maximum atomic E-state index is 6.31. The fraction of sp³-hybridized carbons (Fsp3) is 1.00. The van der Waals surface area contributed by atoms with Crippen LogP contribution in [-0.2, 0) is 4.74 Å². The van der Waals surface area contributed by atoms with E-state index >= 15 is 0 Å². The van der Waals surface area contributed by atoms with Crippen LogP contribution < -0.4 is 5.73 Å². The van der Waals surface area contributed by atoms with Crippen LogP contribution in [0.5, 0.6) is 0 Å². The summed E-state index contributed by atoms with van der Waals surface area (Å²) in [5.74, 6) is 1.57. The van der Waals surface area contributed by atoms with Gasteiger partial charge in [0.05, 0.1) is 6.10 Å². The number of hydrogen-bond donors (Lipinski definition) is 1. The molecule has 3 nitrogen and oxygen atoms in total. The molecule has 5 unspecified atom stereocenters. The minimum absolute atomic E-state index is 0.425. The van der Waals surface area contributed by atoms with Crippen LogP contribution in [0.1, 0.15) is 46.0 Å². The van der Waals surface area contributed by atoms with Crippen LogP contribution in [-0.4, -0.2) is 43.3 Å². The van der Waals surface area contributed by atoms with Crippen LogP contribution in [0.4, 0.5) is 0 Å². The van der Waals surface area contributed by atoms with Gasteiger partial charge in [-0.1, -0.05) is 6.92 Å². The highest BCUT2D eigenvalue weighted by molar-refractivity contribution is 4.87. The van der Waals surface area contributed by atoms with Gasteiger partial charge in [0.15, 0.2) is 0 Å². The SMILES string of the molecule is COC1CCN(CC2CC(C)CCC2N)C(C)C1. The molecule has 0 radical (unpaired) electrons. The number of likely N-dealkylation sites (tertiary alicyclic amines) is 1. The summed E-state index contributed by atoms with van der Waals surface area (Å²) >= 11 is 0. The molecule has 0 amide bonds. The third-order valence-electron chi connectivity index (χ3n) is 5.07. The molecule has 2 aliphatic rings. The molecule has 2 rings (SSSR count). The van der Waals surface area contributed by atoms with Gasteiger partial charge in [-0.3, -0.25) is 0 Å². The van der Waals surface area contributed by atoms with Crippen LogP contribution in [0.25, 0.3) is 0 Å². The largest absolute Gasteiger partial charge is 0.381 e. The Hall–Kier alpha value is -0.120. The molecule has 18 heavy (non-hydrogen) atoms. The Bertz CT molecular complexity index is 259. The van der Waals surface area contributed by atoms with Crippen LogP contribution in [0.15, 0.2) is 0 Å². The van der Waals surface area contributed by atoms with E-state index in [0.29, 0.717) is 24.1 Å². The van der Waals surface area contributed by atoms with Crippen LogP contribution in [0.3, 0.4) is 0 Å². The Morgan fingerprint density at radius 2 is 1.94 bits per heavy atom. The summed E-state index contributed by atoms with van der Waals surface area (Å²) in [4.78, 5) is 2.64. The van der Waals surface area contributed by atoms with Crippen molar-refractivity contribution in [1.82, 2.24) is 4.90 Å². The highest BCUT2D eigenvalue weighted by Gasteiger charge is 2.31. The molecule has 5 atom stereocenters. The predicted octanol–water partition coefficient (Wildman–Crippen LogP) is 2.25. The van der Waals surface area contributed by atoms with Gasteiger partial charge in [0.1, 0.15) is 0 Å². The number of nitrogens with zero attached hydrogens (tertiary/aromatic N) is 1. The van der Waals surface area contributed by atoms with Gasteiger partial charge >= 0.3 is 0 Å². The number of nitrogens with two attached hydrogens (primary N) is 1. The van der Waals surface area contributed by atoms with E-state index < -0.39 is 0 Å². The van der Waals surface area contributed by atoms with Crippen LogP contribution in [0, 0.1) is 11.8 Å². The summed E-state index contributed by atoms with van der Waals surface area (Å²) in [6, 6.07) is 1.07. The molecule has 1 aliphatic carbocycles. The second-order valence-electron chi connectivity index (χ2n) is 6.57. The van der Waals surface area contributed by atoms with Crippen molar-refractivity contribution in [2.24, 2.45) is 17.6 Å². The first-order valence-electron chi connectivity index (χ1n) is 7.62. The average molecular weight is 254 g/mol. The van der Waals surface area contributed by atoms with Crippen molar-refractivity contribution in [3.05, 3.63) is 0 Å². The van der Waals surface area contributed by atoms with E-state index in [1.807, 2.05) is 7.11 Å². The summed E-state index contributed by atoms with van der Waals surface area (Å²) in [5, 5.41) is 0. The molecule has 1 aliphatic heterocycles. The second kappa shape index (κ2) is 6.36. The Morgan fingerprint density at radius 1 is 1.17 bits per heavy atom. The summed E-state index contributed by atoms with van der Waals surface area (Å²) in [6.45, 7) is 7.09. The summed E-state index contributed by atoms with van der Waals surface area (Å²) < 4.78 is 5.49. The monoisotopic (exact) mass is 254 g/mol. The topological polar surface area (TPSA) is 38.5 Å². The van der Waals surface area contributed by atoms with Crippen molar-refractivity contribution in [2.75, 3.05) is 20.2 Å². The lowest BCUT2D eigenvalue weighted by atomic mass is 9.78. The van der Waals surface area contributed by atoms with E-state index in [0.717, 1.165) is 5.92 Å². The Balaban J connectivity index is 1.85. The molecule has 3 heteroatoms. The van der Waals surface area contributed by atoms with Crippen molar-refractivity contribution in [3.63, 3.8) is 0 Å². The summed E-state index contributed by atoms with van der Waals surface area (Å²) in [6.07, 6.45) is 6.67. The minimum atomic E-state index is 0.425. The highest BCUT2D eigenvalue weighted by Crippen LogP contribution is 2.30. The maximum absolute atomic E-state index is 6.31. The van der Waals surface area contributed by atoms with Crippen LogP contribution in [0.2, 0.25) is 0 Å². The fourth-order valence-corrected chi connectivity index (χ4v) is 3.70. The maximum Gasteiger partial charge on any atom is 0.0598 e. The fourth-order valence-electron chi connectivity index (χ4n) is 3.70. The number of piperidine rings is 1. The van der Waals surface area contributed by atoms with E-state index in [-0.39, 0.29) is 0 Å². The van der Waals surface area contributed by atoms with E-state index in [1.165, 1.54) is 45.2 Å². The van der Waals surface area contributed by atoms with Gasteiger partial charge < -0.3 is 15.4 Å². The zero-order valence-corrected chi connectivity index (χ0v) is 12.3. The molecule has 0 aromatic rings. The third kappa shape index (κ3) is 3.46. The molecule has 1 saturated heterocycles. The van der Waals surface area contributed by atoms with Crippen molar-refractivity contribution in [2.45, 2.75) is 64.1 Å². The first-order valence-corrected chi connectivity index (χ1v) is 7.62. The van der Waals surface area contributed by atoms with Crippen molar-refractivity contribution in [1.29, 1.82) is 0 Å². The zero-order chi connectivity index (χ0) is 13.1. The van der Waals surface area contributed by atoms with Crippen molar-refractivity contribution < 1.29 is 4.74 Å². The highest BCUT2D eigenvalue weighted by atomic mass is 16.5. The number of methoxy groups -OCH3 is 1. The molecular weight excluding hydrogens is 224 g/mol. The smallest absolute Gasteiger partial charge is 0.0598 e. The third-order valence-corrected chi connectivity index (χ3v) is 5.07. The Labute approximate surface area is 112 Å². The van der Waals surface area contributed by atoms with E-state index in [1.54, 1.807) is 0 Å². The molecule has 2 fully saturated rings.